The van der Waals surface area contributed by atoms with Crippen LogP contribution in [0.3, 0.4) is 0 Å². The fourth-order valence-electron chi connectivity index (χ4n) is 1.17. The van der Waals surface area contributed by atoms with Crippen LogP contribution in [-0.2, 0) is 9.84 Å². The van der Waals surface area contributed by atoms with Crippen molar-refractivity contribution in [3.8, 4) is 0 Å². The highest BCUT2D eigenvalue weighted by molar-refractivity contribution is 9.10. The minimum Gasteiger partial charge on any atom is -0.260 e. The van der Waals surface area contributed by atoms with E-state index in [-0.39, 0.29) is 0 Å². The Kier molecular flexibility index (Phi) is 3.32. The van der Waals surface area contributed by atoms with Crippen LogP contribution in [0.4, 0.5) is 0 Å². The van der Waals surface area contributed by atoms with Crippen molar-refractivity contribution < 1.29 is 8.42 Å². The third-order valence-corrected chi connectivity index (χ3v) is 4.14. The second-order valence-electron chi connectivity index (χ2n) is 3.30. The Balaban J connectivity index is 3.26. The van der Waals surface area contributed by atoms with Crippen molar-refractivity contribution in [2.24, 2.45) is 0 Å². The molecule has 78 valence electrons. The van der Waals surface area contributed by atoms with Crippen LogP contribution in [0.25, 0.3) is 0 Å². The smallest absolute Gasteiger partial charge is 0.154 e. The fraction of sp³-hybridized carbons (Fsp3) is 0.444. The van der Waals surface area contributed by atoms with Gasteiger partial charge >= 0.3 is 0 Å². The first-order valence-corrected chi connectivity index (χ1v) is 6.88. The van der Waals surface area contributed by atoms with Crippen molar-refractivity contribution in [1.82, 2.24) is 4.98 Å². The topological polar surface area (TPSA) is 47.0 Å². The molecule has 5 heteroatoms. The Morgan fingerprint density at radius 1 is 1.50 bits per heavy atom. The minimum atomic E-state index is -3.06. The summed E-state index contributed by atoms with van der Waals surface area (Å²) in [5.41, 5.74) is 1.51. The highest BCUT2D eigenvalue weighted by Gasteiger charge is 2.19. The quantitative estimate of drug-likeness (QED) is 0.833. The average Bonchev–Trinajstić information content (AvgIpc) is 2.06. The lowest BCUT2D eigenvalue weighted by Crippen LogP contribution is -2.09. The molecule has 1 rings (SSSR count). The maximum Gasteiger partial charge on any atom is 0.154 e. The summed E-state index contributed by atoms with van der Waals surface area (Å²) >= 11 is 3.27. The van der Waals surface area contributed by atoms with Crippen molar-refractivity contribution in [2.45, 2.75) is 19.1 Å². The van der Waals surface area contributed by atoms with E-state index in [1.165, 1.54) is 6.26 Å². The molecule has 3 nitrogen and oxygen atoms in total. The van der Waals surface area contributed by atoms with E-state index in [2.05, 4.69) is 20.9 Å². The van der Waals surface area contributed by atoms with Gasteiger partial charge in [-0.1, -0.05) is 0 Å². The molecule has 0 N–H and O–H groups in total. The largest absolute Gasteiger partial charge is 0.260 e. The lowest BCUT2D eigenvalue weighted by molar-refractivity contribution is 0.591. The highest BCUT2D eigenvalue weighted by Crippen LogP contribution is 2.25. The van der Waals surface area contributed by atoms with E-state index >= 15 is 0 Å². The Bertz CT molecular complexity index is 442. The summed E-state index contributed by atoms with van der Waals surface area (Å²) in [5.74, 6) is 0. The zero-order valence-electron chi connectivity index (χ0n) is 8.28. The van der Waals surface area contributed by atoms with Crippen LogP contribution in [0.1, 0.15) is 23.4 Å². The van der Waals surface area contributed by atoms with E-state index in [1.54, 1.807) is 19.2 Å². The second-order valence-corrected chi connectivity index (χ2v) is 6.58. The average molecular weight is 278 g/mol. The maximum absolute atomic E-state index is 11.4. The van der Waals surface area contributed by atoms with Gasteiger partial charge in [0.15, 0.2) is 9.84 Å². The van der Waals surface area contributed by atoms with Gasteiger partial charge in [0.05, 0.1) is 5.25 Å². The monoisotopic (exact) mass is 277 g/mol. The van der Waals surface area contributed by atoms with Crippen LogP contribution in [0, 0.1) is 6.92 Å². The number of nitrogens with zero attached hydrogens (tertiary/aromatic N) is 1. The first-order chi connectivity index (χ1) is 6.32. The van der Waals surface area contributed by atoms with Gasteiger partial charge in [0.1, 0.15) is 0 Å². The molecule has 1 aromatic heterocycles. The molecule has 0 radical (unpaired) electrons. The van der Waals surface area contributed by atoms with Gasteiger partial charge in [0.2, 0.25) is 0 Å². The summed E-state index contributed by atoms with van der Waals surface area (Å²) in [6, 6.07) is 1.80. The predicted molar refractivity (Wildman–Crippen MR) is 59.9 cm³/mol. The molecule has 0 bridgehead atoms. The number of sulfone groups is 1. The Morgan fingerprint density at radius 3 is 2.57 bits per heavy atom. The number of rotatable bonds is 2. The Hall–Kier alpha value is -0.420. The van der Waals surface area contributed by atoms with E-state index in [9.17, 15) is 8.42 Å². The van der Waals surface area contributed by atoms with Gasteiger partial charge in [0, 0.05) is 22.6 Å². The van der Waals surface area contributed by atoms with E-state index in [0.29, 0.717) is 0 Å². The fourth-order valence-corrected chi connectivity index (χ4v) is 2.21. The summed E-state index contributed by atoms with van der Waals surface area (Å²) < 4.78 is 23.5. The van der Waals surface area contributed by atoms with Crippen molar-refractivity contribution in [3.05, 3.63) is 28.0 Å². The summed E-state index contributed by atoms with van der Waals surface area (Å²) in [5, 5.41) is -0.507. The number of halogens is 1. The predicted octanol–water partition coefficient (Wildman–Crippen LogP) is 2.26. The molecule has 0 fully saturated rings. The first-order valence-electron chi connectivity index (χ1n) is 4.13. The van der Waals surface area contributed by atoms with E-state index in [4.69, 9.17) is 0 Å². The summed E-state index contributed by atoms with van der Waals surface area (Å²) in [4.78, 5) is 4.10. The molecule has 0 aliphatic carbocycles. The number of hydrogen-bond donors (Lipinski definition) is 0. The van der Waals surface area contributed by atoms with Crippen LogP contribution in [0.2, 0.25) is 0 Å². The Morgan fingerprint density at radius 2 is 2.07 bits per heavy atom. The highest BCUT2D eigenvalue weighted by atomic mass is 79.9. The summed E-state index contributed by atoms with van der Waals surface area (Å²) in [6.45, 7) is 3.48. The lowest BCUT2D eigenvalue weighted by atomic mass is 10.1. The molecule has 0 saturated carbocycles. The molecule has 0 saturated heterocycles. The minimum absolute atomic E-state index is 0.507. The number of aryl methyl sites for hydroxylation is 1. The third-order valence-electron chi connectivity index (χ3n) is 2.17. The lowest BCUT2D eigenvalue weighted by Gasteiger charge is -2.12. The van der Waals surface area contributed by atoms with Crippen LogP contribution in [0.5, 0.6) is 0 Å². The maximum atomic E-state index is 11.4. The van der Waals surface area contributed by atoms with Crippen molar-refractivity contribution in [3.63, 3.8) is 0 Å². The molecule has 0 aromatic carbocycles. The number of aromatic nitrogens is 1. The van der Waals surface area contributed by atoms with Crippen molar-refractivity contribution in [1.29, 1.82) is 0 Å². The normalized spacial score (nSPS) is 14.0. The SMILES string of the molecule is Cc1ncc(Br)cc1C(C)S(C)(=O)=O. The van der Waals surface area contributed by atoms with Crippen molar-refractivity contribution in [2.75, 3.05) is 6.26 Å². The molecular formula is C9H12BrNO2S. The van der Waals surface area contributed by atoms with Crippen LogP contribution < -0.4 is 0 Å². The van der Waals surface area contributed by atoms with Gasteiger partial charge in [-0.25, -0.2) is 8.42 Å². The van der Waals surface area contributed by atoms with Gasteiger partial charge in [0.25, 0.3) is 0 Å². The van der Waals surface area contributed by atoms with E-state index < -0.39 is 15.1 Å². The molecule has 0 aliphatic rings. The molecule has 14 heavy (non-hydrogen) atoms. The molecule has 0 spiro atoms. The van der Waals surface area contributed by atoms with Gasteiger partial charge < -0.3 is 0 Å². The third kappa shape index (κ3) is 2.54. The molecule has 1 unspecified atom stereocenters. The molecule has 1 atom stereocenters. The van der Waals surface area contributed by atoms with Crippen LogP contribution in [0.15, 0.2) is 16.7 Å². The molecule has 1 aromatic rings. The van der Waals surface area contributed by atoms with Crippen LogP contribution >= 0.6 is 15.9 Å². The van der Waals surface area contributed by atoms with Gasteiger partial charge in [-0.3, -0.25) is 4.98 Å². The zero-order chi connectivity index (χ0) is 10.9. The van der Waals surface area contributed by atoms with E-state index in [0.717, 1.165) is 15.7 Å². The molecule has 0 amide bonds. The van der Waals surface area contributed by atoms with Gasteiger partial charge in [-0.2, -0.15) is 0 Å². The van der Waals surface area contributed by atoms with Crippen molar-refractivity contribution >= 4 is 25.8 Å². The van der Waals surface area contributed by atoms with Crippen LogP contribution in [-0.4, -0.2) is 19.7 Å². The summed E-state index contributed by atoms with van der Waals surface area (Å²) in [7, 11) is -3.06. The standard InChI is InChI=1S/C9H12BrNO2S/c1-6-9(4-8(10)5-11-6)7(2)14(3,12)13/h4-5,7H,1-3H3. The van der Waals surface area contributed by atoms with Gasteiger partial charge in [-0.15, -0.1) is 0 Å². The Labute approximate surface area is 92.6 Å². The molecule has 1 heterocycles. The summed E-state index contributed by atoms with van der Waals surface area (Å²) in [6.07, 6.45) is 2.89. The van der Waals surface area contributed by atoms with E-state index in [1.807, 2.05) is 6.92 Å². The first kappa shape index (κ1) is 11.7. The molecule has 0 aliphatic heterocycles. The van der Waals surface area contributed by atoms with Gasteiger partial charge in [-0.05, 0) is 41.4 Å². The number of hydrogen-bond acceptors (Lipinski definition) is 3. The molecular weight excluding hydrogens is 266 g/mol. The second kappa shape index (κ2) is 3.98. The number of pyridine rings is 1. The zero-order valence-corrected chi connectivity index (χ0v) is 10.7.